The molecular weight excluding hydrogens is 293 g/mol. The van der Waals surface area contributed by atoms with Crippen molar-refractivity contribution in [2.45, 2.75) is 13.0 Å². The molecule has 19 heavy (non-hydrogen) atoms. The first-order valence-corrected chi connectivity index (χ1v) is 8.03. The number of aliphatic carboxylic acids is 1. The second kappa shape index (κ2) is 6.40. The van der Waals surface area contributed by atoms with Crippen molar-refractivity contribution in [2.24, 2.45) is 0 Å². The molecule has 0 spiro atoms. The van der Waals surface area contributed by atoms with E-state index in [1.165, 1.54) is 13.0 Å². The van der Waals surface area contributed by atoms with E-state index in [1.54, 1.807) is 11.4 Å². The summed E-state index contributed by atoms with van der Waals surface area (Å²) in [6.07, 6.45) is -0.766. The molecular formula is C10H14NO6PS. The minimum absolute atomic E-state index is 0.0409. The summed E-state index contributed by atoms with van der Waals surface area (Å²) >= 11 is 1.09. The lowest BCUT2D eigenvalue weighted by Crippen LogP contribution is -2.47. The first-order valence-electron chi connectivity index (χ1n) is 5.35. The minimum Gasteiger partial charge on any atom is -0.480 e. The number of rotatable bonds is 7. The third-order valence-corrected chi connectivity index (χ3v) is 4.00. The largest absolute Gasteiger partial charge is 0.480 e. The van der Waals surface area contributed by atoms with Gasteiger partial charge in [-0.1, -0.05) is 13.0 Å². The standard InChI is InChI=1S/C10H14NO6PS/c1-2-11(6-18(15,16)17)8(10(13)14)9(12)7-4-3-5-19-7/h3-5,8H,2,6H2,1H3,(H,13,14)(H2,15,16,17). The van der Waals surface area contributed by atoms with Crippen molar-refractivity contribution in [2.75, 3.05) is 12.8 Å². The van der Waals surface area contributed by atoms with Crippen molar-refractivity contribution in [3.8, 4) is 0 Å². The van der Waals surface area contributed by atoms with Crippen LogP contribution >= 0.6 is 18.9 Å². The molecule has 1 rings (SSSR count). The maximum atomic E-state index is 12.1. The number of thiophene rings is 1. The van der Waals surface area contributed by atoms with E-state index in [4.69, 9.17) is 14.9 Å². The number of hydrogen-bond donors (Lipinski definition) is 3. The second-order valence-electron chi connectivity index (χ2n) is 3.79. The van der Waals surface area contributed by atoms with Crippen molar-refractivity contribution < 1.29 is 29.0 Å². The quantitative estimate of drug-likeness (QED) is 0.388. The lowest BCUT2D eigenvalue weighted by Gasteiger charge is -2.26. The Morgan fingerprint density at radius 3 is 2.47 bits per heavy atom. The van der Waals surface area contributed by atoms with Gasteiger partial charge in [-0.2, -0.15) is 0 Å². The average molecular weight is 307 g/mol. The molecule has 0 saturated heterocycles. The maximum absolute atomic E-state index is 12.1. The van der Waals surface area contributed by atoms with Gasteiger partial charge in [0.1, 0.15) is 6.29 Å². The van der Waals surface area contributed by atoms with Crippen molar-refractivity contribution in [3.05, 3.63) is 22.4 Å². The number of likely N-dealkylation sites (N-methyl/N-ethyl adjacent to an activating group) is 1. The van der Waals surface area contributed by atoms with Crippen molar-refractivity contribution in [1.82, 2.24) is 4.90 Å². The van der Waals surface area contributed by atoms with Crippen molar-refractivity contribution in [3.63, 3.8) is 0 Å². The Kier molecular flexibility index (Phi) is 5.39. The molecule has 3 N–H and O–H groups in total. The summed E-state index contributed by atoms with van der Waals surface area (Å²) in [6, 6.07) is 1.50. The Morgan fingerprint density at radius 1 is 1.47 bits per heavy atom. The van der Waals surface area contributed by atoms with Crippen LogP contribution in [0.25, 0.3) is 0 Å². The van der Waals surface area contributed by atoms with E-state index in [0.717, 1.165) is 16.2 Å². The Morgan fingerprint density at radius 2 is 2.11 bits per heavy atom. The fourth-order valence-corrected chi connectivity index (χ4v) is 3.11. The number of carbonyl (C=O) groups is 2. The Hall–Kier alpha value is -1.05. The van der Waals surface area contributed by atoms with Crippen LogP contribution in [0.2, 0.25) is 0 Å². The van der Waals surface area contributed by atoms with Gasteiger partial charge in [0.2, 0.25) is 5.78 Å². The molecule has 0 aliphatic rings. The maximum Gasteiger partial charge on any atom is 0.339 e. The molecule has 0 saturated carbocycles. The molecule has 0 radical (unpaired) electrons. The zero-order chi connectivity index (χ0) is 14.6. The number of carbonyl (C=O) groups excluding carboxylic acids is 1. The third kappa shape index (κ3) is 4.52. The fraction of sp³-hybridized carbons (Fsp3) is 0.400. The number of Topliss-reactive ketones (excluding diaryl/α,β-unsaturated/α-hetero) is 1. The number of hydrogen-bond acceptors (Lipinski definition) is 5. The minimum atomic E-state index is -4.43. The first kappa shape index (κ1) is 16.0. The van der Waals surface area contributed by atoms with E-state index >= 15 is 0 Å². The summed E-state index contributed by atoms with van der Waals surface area (Å²) in [5.41, 5.74) is 0. The van der Waals surface area contributed by atoms with Crippen LogP contribution in [0, 0.1) is 0 Å². The molecule has 1 heterocycles. The number of nitrogens with zero attached hydrogens (tertiary/aromatic N) is 1. The molecule has 0 bridgehead atoms. The summed E-state index contributed by atoms with van der Waals surface area (Å²) in [5.74, 6) is -2.09. The van der Waals surface area contributed by atoms with Gasteiger partial charge in [-0.3, -0.25) is 19.1 Å². The van der Waals surface area contributed by atoms with Crippen LogP contribution in [0.1, 0.15) is 16.6 Å². The van der Waals surface area contributed by atoms with Crippen LogP contribution in [-0.2, 0) is 9.36 Å². The molecule has 0 aliphatic heterocycles. The van der Waals surface area contributed by atoms with Crippen LogP contribution in [0.3, 0.4) is 0 Å². The average Bonchev–Trinajstić information content (AvgIpc) is 2.78. The lowest BCUT2D eigenvalue weighted by atomic mass is 10.1. The Labute approximate surface area is 113 Å². The van der Waals surface area contributed by atoms with E-state index in [1.807, 2.05) is 0 Å². The summed E-state index contributed by atoms with van der Waals surface area (Å²) < 4.78 is 11.0. The Balaban J connectivity index is 3.02. The van der Waals surface area contributed by atoms with Crippen LogP contribution in [-0.4, -0.2) is 50.4 Å². The van der Waals surface area contributed by atoms with E-state index in [9.17, 15) is 14.2 Å². The first-order chi connectivity index (χ1) is 8.76. The zero-order valence-electron chi connectivity index (χ0n) is 10.1. The highest BCUT2D eigenvalue weighted by Gasteiger charge is 2.36. The van der Waals surface area contributed by atoms with E-state index < -0.39 is 31.7 Å². The van der Waals surface area contributed by atoms with Gasteiger partial charge < -0.3 is 14.9 Å². The molecule has 7 nitrogen and oxygen atoms in total. The molecule has 9 heteroatoms. The molecule has 106 valence electrons. The van der Waals surface area contributed by atoms with Gasteiger partial charge in [0.15, 0.2) is 6.04 Å². The normalized spacial score (nSPS) is 13.5. The van der Waals surface area contributed by atoms with Crippen LogP contribution in [0.4, 0.5) is 0 Å². The molecule has 1 aromatic rings. The molecule has 0 aliphatic carbocycles. The molecule has 0 fully saturated rings. The SMILES string of the molecule is CCN(CP(=O)(O)O)C(C(=O)O)C(=O)c1cccs1. The number of ketones is 1. The van der Waals surface area contributed by atoms with Crippen LogP contribution in [0.5, 0.6) is 0 Å². The van der Waals surface area contributed by atoms with Crippen molar-refractivity contribution >= 4 is 30.7 Å². The molecule has 1 aromatic heterocycles. The molecule has 1 unspecified atom stereocenters. The van der Waals surface area contributed by atoms with Gasteiger partial charge >= 0.3 is 13.6 Å². The number of carboxylic acid groups (broad SMARTS) is 1. The van der Waals surface area contributed by atoms with Gasteiger partial charge in [0.25, 0.3) is 0 Å². The van der Waals surface area contributed by atoms with Gasteiger partial charge in [-0.25, -0.2) is 0 Å². The van der Waals surface area contributed by atoms with Crippen LogP contribution < -0.4 is 0 Å². The second-order valence-corrected chi connectivity index (χ2v) is 6.35. The summed E-state index contributed by atoms with van der Waals surface area (Å²) in [7, 11) is -4.43. The summed E-state index contributed by atoms with van der Waals surface area (Å²) in [6.45, 7) is 1.58. The van der Waals surface area contributed by atoms with Gasteiger partial charge in [-0.05, 0) is 18.0 Å². The predicted molar refractivity (Wildman–Crippen MR) is 69.4 cm³/mol. The van der Waals surface area contributed by atoms with E-state index in [0.29, 0.717) is 0 Å². The fourth-order valence-electron chi connectivity index (χ4n) is 1.59. The van der Waals surface area contributed by atoms with Crippen molar-refractivity contribution in [1.29, 1.82) is 0 Å². The topological polar surface area (TPSA) is 115 Å². The monoisotopic (exact) mass is 307 g/mol. The van der Waals surface area contributed by atoms with Gasteiger partial charge in [0.05, 0.1) is 4.88 Å². The van der Waals surface area contributed by atoms with Crippen LogP contribution in [0.15, 0.2) is 17.5 Å². The number of carboxylic acids is 1. The zero-order valence-corrected chi connectivity index (χ0v) is 11.8. The summed E-state index contributed by atoms with van der Waals surface area (Å²) in [4.78, 5) is 42.4. The van der Waals surface area contributed by atoms with E-state index in [-0.39, 0.29) is 11.4 Å². The highest BCUT2D eigenvalue weighted by atomic mass is 32.1. The highest BCUT2D eigenvalue weighted by Crippen LogP contribution is 2.36. The predicted octanol–water partition coefficient (Wildman–Crippen LogP) is 0.841. The molecule has 0 amide bonds. The lowest BCUT2D eigenvalue weighted by molar-refractivity contribution is -0.140. The van der Waals surface area contributed by atoms with Gasteiger partial charge in [-0.15, -0.1) is 11.3 Å². The van der Waals surface area contributed by atoms with E-state index in [2.05, 4.69) is 0 Å². The third-order valence-electron chi connectivity index (χ3n) is 2.38. The highest BCUT2D eigenvalue weighted by molar-refractivity contribution is 7.51. The smallest absolute Gasteiger partial charge is 0.339 e. The van der Waals surface area contributed by atoms with Gasteiger partial charge in [0, 0.05) is 0 Å². The molecule has 0 aromatic carbocycles. The molecule has 1 atom stereocenters. The summed E-state index contributed by atoms with van der Waals surface area (Å²) in [5, 5.41) is 10.8. The Bertz CT molecular complexity index is 496.